The number of benzene rings is 1. The number of hydrogen-bond donors (Lipinski definition) is 2. The van der Waals surface area contributed by atoms with E-state index in [2.05, 4.69) is 19.2 Å². The summed E-state index contributed by atoms with van der Waals surface area (Å²) in [5, 5.41) is 4.67. The number of halogens is 1. The number of amides is 3. The maximum Gasteiger partial charge on any atom is 0.291 e. The number of carbonyl (C=O) groups excluding carboxylic acids is 3. The lowest BCUT2D eigenvalue weighted by Crippen LogP contribution is -2.99. The molecule has 6 nitrogen and oxygen atoms in total. The summed E-state index contributed by atoms with van der Waals surface area (Å²) < 4.78 is 14.1. The number of likely N-dealkylation sites (tertiary alicyclic amines) is 1. The normalized spacial score (nSPS) is 31.8. The third-order valence-corrected chi connectivity index (χ3v) is 6.25. The molecule has 4 rings (SSSR count). The van der Waals surface area contributed by atoms with E-state index in [1.54, 1.807) is 0 Å². The van der Waals surface area contributed by atoms with Crippen LogP contribution in [0.4, 0.5) is 10.1 Å². The molecule has 0 bridgehead atoms. The van der Waals surface area contributed by atoms with Crippen molar-refractivity contribution in [1.29, 1.82) is 0 Å². The van der Waals surface area contributed by atoms with Gasteiger partial charge in [0.05, 0.1) is 5.69 Å². The molecule has 2 fully saturated rings. The Balaban J connectivity index is 1.91. The number of fused-ring (bicyclic) bond motifs is 4. The predicted molar refractivity (Wildman–Crippen MR) is 100 cm³/mol. The fraction of sp³-hybridized carbons (Fsp3) is 0.571. The SMILES string of the molecule is CC(C)C[C@H]1[NH2+][C@@]2(C(=O)Nc3ccc(F)cc32)[C@@H]2C(=O)N(C(C)(C)C)C(=O)[C@@H]21. The molecule has 4 atom stereocenters. The zero-order valence-electron chi connectivity index (χ0n) is 16.9. The van der Waals surface area contributed by atoms with Gasteiger partial charge in [-0.25, -0.2) is 4.39 Å². The van der Waals surface area contributed by atoms with Crippen LogP contribution in [0.1, 0.15) is 46.6 Å². The highest BCUT2D eigenvalue weighted by atomic mass is 19.1. The van der Waals surface area contributed by atoms with Crippen LogP contribution in [0, 0.1) is 23.6 Å². The Morgan fingerprint density at radius 3 is 2.50 bits per heavy atom. The van der Waals surface area contributed by atoms with E-state index in [0.717, 1.165) is 0 Å². The molecular weight excluding hydrogens is 361 g/mol. The first-order valence-corrected chi connectivity index (χ1v) is 9.84. The van der Waals surface area contributed by atoms with E-state index in [-0.39, 0.29) is 23.8 Å². The second kappa shape index (κ2) is 5.86. The Labute approximate surface area is 163 Å². The zero-order chi connectivity index (χ0) is 20.6. The highest BCUT2D eigenvalue weighted by molar-refractivity contribution is 6.14. The minimum absolute atomic E-state index is 0.214. The van der Waals surface area contributed by atoms with Crippen molar-refractivity contribution in [2.24, 2.45) is 17.8 Å². The fourth-order valence-electron chi connectivity index (χ4n) is 5.36. The number of rotatable bonds is 2. The molecule has 0 unspecified atom stereocenters. The molecule has 3 N–H and O–H groups in total. The van der Waals surface area contributed by atoms with E-state index in [0.29, 0.717) is 23.6 Å². The smallest absolute Gasteiger partial charge is 0.291 e. The van der Waals surface area contributed by atoms with Gasteiger partial charge < -0.3 is 10.6 Å². The summed E-state index contributed by atoms with van der Waals surface area (Å²) in [6.07, 6.45) is 0.692. The van der Waals surface area contributed by atoms with Crippen LogP contribution in [0.5, 0.6) is 0 Å². The van der Waals surface area contributed by atoms with Gasteiger partial charge in [-0.05, 0) is 44.9 Å². The predicted octanol–water partition coefficient (Wildman–Crippen LogP) is 1.36. The van der Waals surface area contributed by atoms with E-state index in [4.69, 9.17) is 0 Å². The van der Waals surface area contributed by atoms with Crippen LogP contribution < -0.4 is 10.6 Å². The lowest BCUT2D eigenvalue weighted by molar-refractivity contribution is -0.734. The molecule has 1 spiro atoms. The van der Waals surface area contributed by atoms with Gasteiger partial charge in [0.15, 0.2) is 0 Å². The average molecular weight is 388 g/mol. The van der Waals surface area contributed by atoms with Gasteiger partial charge in [0.1, 0.15) is 23.7 Å². The molecule has 0 aliphatic carbocycles. The Morgan fingerprint density at radius 1 is 1.21 bits per heavy atom. The van der Waals surface area contributed by atoms with Crippen molar-refractivity contribution in [2.45, 2.75) is 58.2 Å². The van der Waals surface area contributed by atoms with Gasteiger partial charge in [-0.15, -0.1) is 0 Å². The van der Waals surface area contributed by atoms with Crippen LogP contribution in [0.15, 0.2) is 18.2 Å². The van der Waals surface area contributed by atoms with Crippen LogP contribution in [-0.4, -0.2) is 34.2 Å². The minimum atomic E-state index is -1.30. The number of hydrogen-bond acceptors (Lipinski definition) is 3. The van der Waals surface area contributed by atoms with Gasteiger partial charge >= 0.3 is 0 Å². The fourth-order valence-corrected chi connectivity index (χ4v) is 5.36. The van der Waals surface area contributed by atoms with Crippen molar-refractivity contribution < 1.29 is 24.1 Å². The van der Waals surface area contributed by atoms with Crippen LogP contribution in [-0.2, 0) is 19.9 Å². The molecule has 3 aliphatic heterocycles. The largest absolute Gasteiger partial charge is 0.326 e. The summed E-state index contributed by atoms with van der Waals surface area (Å²) in [4.78, 5) is 41.3. The van der Waals surface area contributed by atoms with E-state index in [1.807, 2.05) is 26.1 Å². The number of imide groups is 1. The van der Waals surface area contributed by atoms with Crippen molar-refractivity contribution in [3.8, 4) is 0 Å². The van der Waals surface area contributed by atoms with Gasteiger partial charge in [-0.1, -0.05) is 13.8 Å². The number of anilines is 1. The van der Waals surface area contributed by atoms with Crippen molar-refractivity contribution >= 4 is 23.4 Å². The van der Waals surface area contributed by atoms with Gasteiger partial charge in [0.25, 0.3) is 5.91 Å². The van der Waals surface area contributed by atoms with Crippen LogP contribution >= 0.6 is 0 Å². The summed E-state index contributed by atoms with van der Waals surface area (Å²) in [5.41, 5.74) is -0.993. The van der Waals surface area contributed by atoms with Crippen LogP contribution in [0.25, 0.3) is 0 Å². The Kier molecular flexibility index (Phi) is 3.99. The number of nitrogens with one attached hydrogen (secondary N) is 1. The molecule has 28 heavy (non-hydrogen) atoms. The Hall–Kier alpha value is -2.28. The topological polar surface area (TPSA) is 83.1 Å². The molecule has 7 heteroatoms. The zero-order valence-corrected chi connectivity index (χ0v) is 16.9. The van der Waals surface area contributed by atoms with Crippen molar-refractivity contribution in [2.75, 3.05) is 5.32 Å². The molecule has 0 aromatic heterocycles. The molecule has 3 heterocycles. The number of nitrogens with zero attached hydrogens (tertiary/aromatic N) is 1. The first-order chi connectivity index (χ1) is 13.0. The molecule has 0 saturated carbocycles. The van der Waals surface area contributed by atoms with E-state index in [9.17, 15) is 18.8 Å². The molecule has 0 radical (unpaired) electrons. The summed E-state index contributed by atoms with van der Waals surface area (Å²) >= 11 is 0. The Morgan fingerprint density at radius 2 is 1.89 bits per heavy atom. The second-order valence-electron chi connectivity index (χ2n) is 9.66. The number of carbonyl (C=O) groups is 3. The summed E-state index contributed by atoms with van der Waals surface area (Å²) in [6, 6.07) is 3.93. The average Bonchev–Trinajstić information content (AvgIpc) is 3.12. The molecule has 3 amide bonds. The Bertz CT molecular complexity index is 891. The van der Waals surface area contributed by atoms with Gasteiger partial charge in [0, 0.05) is 17.5 Å². The van der Waals surface area contributed by atoms with Crippen molar-refractivity contribution in [3.05, 3.63) is 29.6 Å². The maximum atomic E-state index is 14.1. The monoisotopic (exact) mass is 388 g/mol. The van der Waals surface area contributed by atoms with Gasteiger partial charge in [-0.2, -0.15) is 0 Å². The number of quaternary nitrogens is 1. The van der Waals surface area contributed by atoms with E-state index >= 15 is 0 Å². The van der Waals surface area contributed by atoms with Crippen molar-refractivity contribution in [3.63, 3.8) is 0 Å². The lowest BCUT2D eigenvalue weighted by atomic mass is 9.76. The third kappa shape index (κ3) is 2.38. The summed E-state index contributed by atoms with van der Waals surface area (Å²) in [6.45, 7) is 9.57. The van der Waals surface area contributed by atoms with Gasteiger partial charge in [0.2, 0.25) is 17.4 Å². The first-order valence-electron chi connectivity index (χ1n) is 9.84. The molecule has 3 aliphatic rings. The summed E-state index contributed by atoms with van der Waals surface area (Å²) in [7, 11) is 0. The summed E-state index contributed by atoms with van der Waals surface area (Å²) in [5.74, 6) is -2.49. The lowest BCUT2D eigenvalue weighted by Gasteiger charge is -2.33. The number of nitrogens with two attached hydrogens (primary N) is 1. The molecule has 1 aromatic rings. The third-order valence-electron chi connectivity index (χ3n) is 6.25. The quantitative estimate of drug-likeness (QED) is 0.751. The van der Waals surface area contributed by atoms with E-state index < -0.39 is 28.7 Å². The second-order valence-corrected chi connectivity index (χ2v) is 9.66. The first kappa shape index (κ1) is 19.1. The maximum absolute atomic E-state index is 14.1. The minimum Gasteiger partial charge on any atom is -0.326 e. The highest BCUT2D eigenvalue weighted by Crippen LogP contribution is 2.50. The van der Waals surface area contributed by atoms with Crippen LogP contribution in [0.2, 0.25) is 0 Å². The highest BCUT2D eigenvalue weighted by Gasteiger charge is 2.74. The van der Waals surface area contributed by atoms with Gasteiger partial charge in [-0.3, -0.25) is 19.3 Å². The molecular formula is C21H27FN3O3+. The van der Waals surface area contributed by atoms with Crippen molar-refractivity contribution in [1.82, 2.24) is 4.90 Å². The molecule has 2 saturated heterocycles. The standard InChI is InChI=1S/C21H26FN3O3/c1-10(2)8-14-15-16(18(27)25(17(15)26)20(3,4)5)21(24-14)12-9-11(22)6-7-13(12)23-19(21)28/h6-7,9-10,14-16,24H,8H2,1-5H3,(H,23,28)/p+1/t14-,15-,16+,21-/m1/s1. The molecule has 150 valence electrons. The molecule has 1 aromatic carbocycles. The van der Waals surface area contributed by atoms with Crippen LogP contribution in [0.3, 0.4) is 0 Å². The van der Waals surface area contributed by atoms with E-state index in [1.165, 1.54) is 23.1 Å².